The van der Waals surface area contributed by atoms with Gasteiger partial charge in [-0.25, -0.2) is 4.79 Å². The lowest BCUT2D eigenvalue weighted by Crippen LogP contribution is -3.11. The first kappa shape index (κ1) is 21.9. The molecule has 0 amide bonds. The molecule has 1 fully saturated rings. The zero-order chi connectivity index (χ0) is 22.7. The van der Waals surface area contributed by atoms with Gasteiger partial charge in [-0.05, 0) is 69.5 Å². The number of benzene rings is 2. The lowest BCUT2D eigenvalue weighted by molar-refractivity contribution is -0.918. The van der Waals surface area contributed by atoms with E-state index >= 15 is 0 Å². The Bertz CT molecular complexity index is 1180. The first-order valence-corrected chi connectivity index (χ1v) is 11.0. The van der Waals surface area contributed by atoms with Gasteiger partial charge < -0.3 is 23.9 Å². The molecule has 1 aromatic heterocycles. The van der Waals surface area contributed by atoms with E-state index in [4.69, 9.17) is 13.9 Å². The number of likely N-dealkylation sites (tertiary alicyclic amines) is 1. The maximum atomic E-state index is 13.2. The molecular weight excluding hydrogens is 410 g/mol. The maximum absolute atomic E-state index is 13.2. The number of hydrogen-bond donors (Lipinski definition) is 2. The predicted octanol–water partition coefficient (Wildman–Crippen LogP) is 3.34. The molecular formula is C25H28NO6+. The van der Waals surface area contributed by atoms with E-state index in [9.17, 15) is 14.7 Å². The standard InChI is InChI=1S/C25H27NO6/c1-3-30-25(29)17-7-9-18(10-8-17)32-23-16(2)31-24-19(22(23)28)11-12-21(27)20(24)15-26-13-5-4-6-14-26/h7-12,27H,3-6,13-15H2,1-2H3/p+1. The van der Waals surface area contributed by atoms with Crippen molar-refractivity contribution in [2.75, 3.05) is 19.7 Å². The molecule has 7 heteroatoms. The number of fused-ring (bicyclic) bond motifs is 1. The van der Waals surface area contributed by atoms with Crippen LogP contribution in [0.4, 0.5) is 0 Å². The number of quaternary nitrogens is 1. The van der Waals surface area contributed by atoms with Crippen molar-refractivity contribution < 1.29 is 28.7 Å². The second kappa shape index (κ2) is 9.44. The number of carbonyl (C=O) groups is 1. The molecule has 0 saturated carbocycles. The third-order valence-corrected chi connectivity index (χ3v) is 5.83. The lowest BCUT2D eigenvalue weighted by Gasteiger charge is -2.24. The number of carbonyl (C=O) groups excluding carboxylic acids is 1. The molecule has 2 heterocycles. The van der Waals surface area contributed by atoms with Gasteiger partial charge in [0.05, 0.1) is 36.2 Å². The number of rotatable bonds is 6. The molecule has 1 aliphatic rings. The summed E-state index contributed by atoms with van der Waals surface area (Å²) >= 11 is 0. The Morgan fingerprint density at radius 2 is 1.81 bits per heavy atom. The molecule has 7 nitrogen and oxygen atoms in total. The van der Waals surface area contributed by atoms with Crippen molar-refractivity contribution in [2.45, 2.75) is 39.7 Å². The molecule has 0 unspecified atom stereocenters. The maximum Gasteiger partial charge on any atom is 0.338 e. The van der Waals surface area contributed by atoms with Gasteiger partial charge in [0.2, 0.25) is 11.2 Å². The van der Waals surface area contributed by atoms with Gasteiger partial charge in [-0.3, -0.25) is 4.79 Å². The third kappa shape index (κ3) is 4.48. The van der Waals surface area contributed by atoms with Gasteiger partial charge in [-0.15, -0.1) is 0 Å². The fourth-order valence-electron chi connectivity index (χ4n) is 4.15. The van der Waals surface area contributed by atoms with E-state index in [1.807, 2.05) is 0 Å². The zero-order valence-electron chi connectivity index (χ0n) is 18.4. The Morgan fingerprint density at radius 1 is 1.09 bits per heavy atom. The fraction of sp³-hybridized carbons (Fsp3) is 0.360. The van der Waals surface area contributed by atoms with Crippen molar-refractivity contribution in [3.63, 3.8) is 0 Å². The van der Waals surface area contributed by atoms with E-state index < -0.39 is 5.97 Å². The Balaban J connectivity index is 1.66. The van der Waals surface area contributed by atoms with Gasteiger partial charge in [0.25, 0.3) is 0 Å². The minimum Gasteiger partial charge on any atom is -0.507 e. The minimum absolute atomic E-state index is 0.0864. The van der Waals surface area contributed by atoms with Crippen LogP contribution in [-0.4, -0.2) is 30.8 Å². The molecule has 0 atom stereocenters. The lowest BCUT2D eigenvalue weighted by atomic mass is 10.1. The summed E-state index contributed by atoms with van der Waals surface area (Å²) in [4.78, 5) is 26.4. The van der Waals surface area contributed by atoms with Crippen molar-refractivity contribution in [2.24, 2.45) is 0 Å². The first-order chi connectivity index (χ1) is 15.5. The van der Waals surface area contributed by atoms with Gasteiger partial charge in [0, 0.05) is 0 Å². The molecule has 1 saturated heterocycles. The van der Waals surface area contributed by atoms with Crippen LogP contribution in [-0.2, 0) is 11.3 Å². The van der Waals surface area contributed by atoms with Crippen LogP contribution in [0.5, 0.6) is 17.2 Å². The summed E-state index contributed by atoms with van der Waals surface area (Å²) in [5.74, 6) is 0.551. The summed E-state index contributed by atoms with van der Waals surface area (Å²) < 4.78 is 16.8. The summed E-state index contributed by atoms with van der Waals surface area (Å²) in [5.41, 5.74) is 1.18. The summed E-state index contributed by atoms with van der Waals surface area (Å²) in [6.07, 6.45) is 3.56. The van der Waals surface area contributed by atoms with Crippen LogP contribution >= 0.6 is 0 Å². The molecule has 168 valence electrons. The van der Waals surface area contributed by atoms with Crippen molar-refractivity contribution in [1.29, 1.82) is 0 Å². The monoisotopic (exact) mass is 438 g/mol. The van der Waals surface area contributed by atoms with E-state index in [0.717, 1.165) is 25.9 Å². The highest BCUT2D eigenvalue weighted by Crippen LogP contribution is 2.30. The molecule has 0 bridgehead atoms. The van der Waals surface area contributed by atoms with Crippen LogP contribution in [0.25, 0.3) is 11.0 Å². The van der Waals surface area contributed by atoms with Gasteiger partial charge >= 0.3 is 5.97 Å². The predicted molar refractivity (Wildman–Crippen MR) is 120 cm³/mol. The first-order valence-electron chi connectivity index (χ1n) is 11.0. The van der Waals surface area contributed by atoms with Crippen LogP contribution in [0, 0.1) is 6.92 Å². The van der Waals surface area contributed by atoms with Crippen molar-refractivity contribution in [3.8, 4) is 17.2 Å². The molecule has 32 heavy (non-hydrogen) atoms. The Kier molecular flexibility index (Phi) is 6.46. The van der Waals surface area contributed by atoms with E-state index in [2.05, 4.69) is 0 Å². The van der Waals surface area contributed by atoms with Crippen LogP contribution in [0.2, 0.25) is 0 Å². The highest BCUT2D eigenvalue weighted by Gasteiger charge is 2.22. The van der Waals surface area contributed by atoms with E-state index in [-0.39, 0.29) is 16.9 Å². The Hall–Kier alpha value is -3.32. The zero-order valence-corrected chi connectivity index (χ0v) is 18.4. The highest BCUT2D eigenvalue weighted by molar-refractivity contribution is 5.89. The van der Waals surface area contributed by atoms with Gasteiger partial charge in [-0.2, -0.15) is 0 Å². The number of phenolic OH excluding ortho intramolecular Hbond substituents is 1. The number of phenols is 1. The van der Waals surface area contributed by atoms with Crippen LogP contribution in [0.15, 0.2) is 45.6 Å². The molecule has 2 aromatic carbocycles. The van der Waals surface area contributed by atoms with Gasteiger partial charge in [0.1, 0.15) is 23.8 Å². The van der Waals surface area contributed by atoms with Crippen LogP contribution in [0.1, 0.15) is 47.9 Å². The molecule has 0 radical (unpaired) electrons. The number of hydrogen-bond acceptors (Lipinski definition) is 6. The van der Waals surface area contributed by atoms with Crippen molar-refractivity contribution >= 4 is 16.9 Å². The number of aromatic hydroxyl groups is 1. The second-order valence-corrected chi connectivity index (χ2v) is 8.09. The fourth-order valence-corrected chi connectivity index (χ4v) is 4.15. The summed E-state index contributed by atoms with van der Waals surface area (Å²) in [5, 5.41) is 10.9. The third-order valence-electron chi connectivity index (χ3n) is 5.83. The van der Waals surface area contributed by atoms with Crippen molar-refractivity contribution in [3.05, 3.63) is 63.5 Å². The average molecular weight is 439 g/mol. The highest BCUT2D eigenvalue weighted by atomic mass is 16.5. The summed E-state index contributed by atoms with van der Waals surface area (Å²) in [6.45, 7) is 6.41. The second-order valence-electron chi connectivity index (χ2n) is 8.09. The van der Waals surface area contributed by atoms with Crippen molar-refractivity contribution in [1.82, 2.24) is 0 Å². The number of nitrogens with one attached hydrogen (secondary N) is 1. The normalized spacial score (nSPS) is 14.4. The van der Waals surface area contributed by atoms with Gasteiger partial charge in [-0.1, -0.05) is 0 Å². The van der Waals surface area contributed by atoms with Gasteiger partial charge in [0.15, 0.2) is 5.58 Å². The van der Waals surface area contributed by atoms with Crippen LogP contribution in [0.3, 0.4) is 0 Å². The average Bonchev–Trinajstić information content (AvgIpc) is 2.80. The topological polar surface area (TPSA) is 90.4 Å². The molecule has 1 aliphatic heterocycles. The Morgan fingerprint density at radius 3 is 2.50 bits per heavy atom. The van der Waals surface area contributed by atoms with E-state index in [0.29, 0.717) is 46.8 Å². The van der Waals surface area contributed by atoms with Crippen LogP contribution < -0.4 is 15.1 Å². The quantitative estimate of drug-likeness (QED) is 0.574. The van der Waals surface area contributed by atoms with E-state index in [1.54, 1.807) is 50.2 Å². The number of piperidine rings is 1. The number of ether oxygens (including phenoxy) is 2. The summed E-state index contributed by atoms with van der Waals surface area (Å²) in [6, 6.07) is 9.51. The number of esters is 1. The Labute approximate surface area is 186 Å². The SMILES string of the molecule is CCOC(=O)c1ccc(Oc2c(C)oc3c(C[NH+]4CCCCC4)c(O)ccc3c2=O)cc1. The molecule has 2 N–H and O–H groups in total. The summed E-state index contributed by atoms with van der Waals surface area (Å²) in [7, 11) is 0. The number of aryl methyl sites for hydroxylation is 1. The minimum atomic E-state index is -0.413. The molecule has 3 aromatic rings. The molecule has 0 aliphatic carbocycles. The van der Waals surface area contributed by atoms with E-state index in [1.165, 1.54) is 11.3 Å². The largest absolute Gasteiger partial charge is 0.507 e. The molecule has 4 rings (SSSR count). The molecule has 0 spiro atoms. The smallest absolute Gasteiger partial charge is 0.338 e.